The third-order valence-corrected chi connectivity index (χ3v) is 6.88. The van der Waals surface area contributed by atoms with Gasteiger partial charge in [-0.15, -0.1) is 0 Å². The molecule has 0 N–H and O–H groups in total. The molecule has 0 aliphatic carbocycles. The quantitative estimate of drug-likeness (QED) is 0.481. The van der Waals surface area contributed by atoms with Gasteiger partial charge in [-0.05, 0) is 64.3 Å². The first-order valence-corrected chi connectivity index (χ1v) is 11.4. The van der Waals surface area contributed by atoms with Crippen LogP contribution in [0.4, 0.5) is 0 Å². The molecule has 0 bridgehead atoms. The molecule has 0 saturated carbocycles. The third-order valence-electron chi connectivity index (χ3n) is 6.88. The fourth-order valence-electron chi connectivity index (χ4n) is 4.29. The van der Waals surface area contributed by atoms with E-state index < -0.39 is 0 Å². The van der Waals surface area contributed by atoms with Gasteiger partial charge < -0.3 is 18.9 Å². The summed E-state index contributed by atoms with van der Waals surface area (Å²) < 4.78 is 19.0. The van der Waals surface area contributed by atoms with Gasteiger partial charge in [0.1, 0.15) is 5.75 Å². The lowest BCUT2D eigenvalue weighted by Gasteiger charge is -2.32. The number of ether oxygens (including phenoxy) is 1. The lowest BCUT2D eigenvalue weighted by Crippen LogP contribution is -2.41. The lowest BCUT2D eigenvalue weighted by atomic mass is 9.74. The van der Waals surface area contributed by atoms with Gasteiger partial charge >= 0.3 is 7.12 Å². The van der Waals surface area contributed by atoms with E-state index >= 15 is 0 Å². The largest absolute Gasteiger partial charge is 0.495 e. The first-order chi connectivity index (χ1) is 15.2. The highest BCUT2D eigenvalue weighted by atomic mass is 16.7. The Hall–Kier alpha value is -2.34. The standard InChI is InChI=1S/C27H34BNO3/c1-26(2)27(3,4)32-28(31-26)23-16-10-9-15-22(23)24(29(5)6)18-19-30-25-17-11-13-20-12-7-8-14-21(20)25/h7-17,24H,18-19H2,1-6H3. The zero-order chi connectivity index (χ0) is 22.9. The van der Waals surface area contributed by atoms with E-state index in [0.717, 1.165) is 23.0 Å². The van der Waals surface area contributed by atoms with Crippen LogP contribution >= 0.6 is 0 Å². The summed E-state index contributed by atoms with van der Waals surface area (Å²) in [5.41, 5.74) is 1.58. The number of benzene rings is 3. The Morgan fingerprint density at radius 3 is 2.19 bits per heavy atom. The van der Waals surface area contributed by atoms with Gasteiger partial charge in [0, 0.05) is 17.8 Å². The van der Waals surface area contributed by atoms with Gasteiger partial charge in [0.15, 0.2) is 0 Å². The van der Waals surface area contributed by atoms with E-state index in [0.29, 0.717) is 6.61 Å². The fourth-order valence-corrected chi connectivity index (χ4v) is 4.29. The Morgan fingerprint density at radius 2 is 1.47 bits per heavy atom. The van der Waals surface area contributed by atoms with Crippen LogP contribution in [-0.2, 0) is 9.31 Å². The van der Waals surface area contributed by atoms with Crippen molar-refractivity contribution in [3.8, 4) is 5.75 Å². The van der Waals surface area contributed by atoms with Gasteiger partial charge in [0.05, 0.1) is 17.8 Å². The van der Waals surface area contributed by atoms with Crippen LogP contribution in [0.15, 0.2) is 66.7 Å². The molecule has 0 aromatic heterocycles. The highest BCUT2D eigenvalue weighted by Crippen LogP contribution is 2.37. The van der Waals surface area contributed by atoms with Crippen LogP contribution in [0.3, 0.4) is 0 Å². The topological polar surface area (TPSA) is 30.9 Å². The number of fused-ring (bicyclic) bond motifs is 1. The van der Waals surface area contributed by atoms with Crippen molar-refractivity contribution in [3.05, 3.63) is 72.3 Å². The molecule has 1 saturated heterocycles. The van der Waals surface area contributed by atoms with E-state index in [1.807, 2.05) is 6.07 Å². The number of hydrogen-bond acceptors (Lipinski definition) is 4. The smallest absolute Gasteiger partial charge is 0.493 e. The number of hydrogen-bond donors (Lipinski definition) is 0. The summed E-state index contributed by atoms with van der Waals surface area (Å²) in [7, 11) is 3.85. The Labute approximate surface area is 192 Å². The molecule has 1 heterocycles. The van der Waals surface area contributed by atoms with E-state index in [-0.39, 0.29) is 24.4 Å². The molecule has 1 fully saturated rings. The minimum Gasteiger partial charge on any atom is -0.493 e. The van der Waals surface area contributed by atoms with Crippen molar-refractivity contribution < 1.29 is 14.0 Å². The van der Waals surface area contributed by atoms with E-state index in [1.54, 1.807) is 0 Å². The van der Waals surface area contributed by atoms with Crippen LogP contribution in [0.25, 0.3) is 10.8 Å². The lowest BCUT2D eigenvalue weighted by molar-refractivity contribution is 0.00578. The summed E-state index contributed by atoms with van der Waals surface area (Å²) in [6, 6.07) is 23.2. The first kappa shape index (κ1) is 22.8. The SMILES string of the molecule is CN(C)C(CCOc1cccc2ccccc12)c1ccccc1B1OC(C)(C)C(C)(C)O1. The van der Waals surface area contributed by atoms with Crippen molar-refractivity contribution in [2.24, 2.45) is 0 Å². The molecule has 1 aliphatic rings. The molecular formula is C27H34BNO3. The van der Waals surface area contributed by atoms with E-state index in [2.05, 4.69) is 107 Å². The maximum absolute atomic E-state index is 6.37. The molecule has 4 rings (SSSR count). The molecule has 0 radical (unpaired) electrons. The predicted octanol–water partition coefficient (Wildman–Crippen LogP) is 5.21. The Balaban J connectivity index is 1.54. The van der Waals surface area contributed by atoms with Crippen LogP contribution in [0.5, 0.6) is 5.75 Å². The molecule has 1 aliphatic heterocycles. The highest BCUT2D eigenvalue weighted by Gasteiger charge is 2.52. The third kappa shape index (κ3) is 4.43. The fraction of sp³-hybridized carbons (Fsp3) is 0.407. The summed E-state index contributed by atoms with van der Waals surface area (Å²) in [4.78, 5) is 2.25. The Morgan fingerprint density at radius 1 is 0.844 bits per heavy atom. The van der Waals surface area contributed by atoms with Crippen molar-refractivity contribution in [1.82, 2.24) is 4.90 Å². The van der Waals surface area contributed by atoms with Crippen molar-refractivity contribution >= 4 is 23.4 Å². The van der Waals surface area contributed by atoms with Gasteiger partial charge in [-0.2, -0.15) is 0 Å². The predicted molar refractivity (Wildman–Crippen MR) is 133 cm³/mol. The van der Waals surface area contributed by atoms with Gasteiger partial charge in [-0.25, -0.2) is 0 Å². The summed E-state index contributed by atoms with van der Waals surface area (Å²) in [6.07, 6.45) is 0.854. The van der Waals surface area contributed by atoms with Crippen LogP contribution in [0.2, 0.25) is 0 Å². The summed E-state index contributed by atoms with van der Waals surface area (Å²) in [5, 5.41) is 2.34. The summed E-state index contributed by atoms with van der Waals surface area (Å²) in [5.74, 6) is 0.930. The Kier molecular flexibility index (Phi) is 6.35. The Bertz CT molecular complexity index is 1060. The van der Waals surface area contributed by atoms with Crippen LogP contribution in [0.1, 0.15) is 45.7 Å². The van der Waals surface area contributed by atoms with Crippen molar-refractivity contribution in [2.45, 2.75) is 51.4 Å². The molecule has 5 heteroatoms. The zero-order valence-electron chi connectivity index (χ0n) is 20.1. The molecule has 4 nitrogen and oxygen atoms in total. The van der Waals surface area contributed by atoms with Crippen molar-refractivity contribution in [1.29, 1.82) is 0 Å². The highest BCUT2D eigenvalue weighted by molar-refractivity contribution is 6.62. The van der Waals surface area contributed by atoms with Crippen LogP contribution in [0, 0.1) is 0 Å². The molecule has 32 heavy (non-hydrogen) atoms. The van der Waals surface area contributed by atoms with E-state index in [9.17, 15) is 0 Å². The van der Waals surface area contributed by atoms with Crippen molar-refractivity contribution in [3.63, 3.8) is 0 Å². The molecule has 0 amide bonds. The second-order valence-electron chi connectivity index (χ2n) is 9.81. The minimum absolute atomic E-state index is 0.181. The second kappa shape index (κ2) is 8.89. The van der Waals surface area contributed by atoms with Crippen molar-refractivity contribution in [2.75, 3.05) is 20.7 Å². The molecule has 1 unspecified atom stereocenters. The zero-order valence-corrected chi connectivity index (χ0v) is 20.1. The number of rotatable bonds is 7. The monoisotopic (exact) mass is 431 g/mol. The summed E-state index contributed by atoms with van der Waals surface area (Å²) in [6.45, 7) is 9.00. The van der Waals surface area contributed by atoms with Gasteiger partial charge in [0.2, 0.25) is 0 Å². The van der Waals surface area contributed by atoms with E-state index in [1.165, 1.54) is 10.9 Å². The number of nitrogens with zero attached hydrogens (tertiary/aromatic N) is 1. The normalized spacial score (nSPS) is 18.3. The van der Waals surface area contributed by atoms with Gasteiger partial charge in [-0.3, -0.25) is 0 Å². The van der Waals surface area contributed by atoms with Crippen LogP contribution in [-0.4, -0.2) is 43.9 Å². The summed E-state index contributed by atoms with van der Waals surface area (Å²) >= 11 is 0. The second-order valence-corrected chi connectivity index (χ2v) is 9.81. The first-order valence-electron chi connectivity index (χ1n) is 11.4. The molecule has 3 aromatic carbocycles. The average molecular weight is 431 g/mol. The molecule has 1 atom stereocenters. The minimum atomic E-state index is -0.377. The maximum Gasteiger partial charge on any atom is 0.495 e. The molecular weight excluding hydrogens is 397 g/mol. The molecule has 0 spiro atoms. The van der Waals surface area contributed by atoms with E-state index in [4.69, 9.17) is 14.0 Å². The van der Waals surface area contributed by atoms with Crippen LogP contribution < -0.4 is 10.2 Å². The average Bonchev–Trinajstić information content (AvgIpc) is 2.98. The van der Waals surface area contributed by atoms with Gasteiger partial charge in [0.25, 0.3) is 0 Å². The maximum atomic E-state index is 6.37. The molecule has 3 aromatic rings. The van der Waals surface area contributed by atoms with Gasteiger partial charge in [-0.1, -0.05) is 60.7 Å². The molecule has 168 valence electrons.